The third kappa shape index (κ3) is 3.57. The van der Waals surface area contributed by atoms with Gasteiger partial charge in [0.25, 0.3) is 0 Å². The van der Waals surface area contributed by atoms with E-state index in [4.69, 9.17) is 4.74 Å². The Morgan fingerprint density at radius 2 is 2.24 bits per heavy atom. The Morgan fingerprint density at radius 3 is 2.90 bits per heavy atom. The average Bonchev–Trinajstić information content (AvgIpc) is 2.95. The van der Waals surface area contributed by atoms with Crippen molar-refractivity contribution in [2.24, 2.45) is 0 Å². The van der Waals surface area contributed by atoms with Crippen LogP contribution in [-0.4, -0.2) is 28.4 Å². The van der Waals surface area contributed by atoms with Crippen LogP contribution >= 0.6 is 0 Å². The van der Waals surface area contributed by atoms with Gasteiger partial charge in [0, 0.05) is 18.8 Å². The highest BCUT2D eigenvalue weighted by Gasteiger charge is 2.16. The second kappa shape index (κ2) is 6.85. The molecule has 1 aromatic heterocycles. The molecular formula is C14H18N4O3. The Morgan fingerprint density at radius 1 is 1.43 bits per heavy atom. The van der Waals surface area contributed by atoms with E-state index in [1.54, 1.807) is 23.0 Å². The Bertz CT molecular complexity index is 624. The second-order valence-electron chi connectivity index (χ2n) is 4.54. The van der Waals surface area contributed by atoms with Crippen molar-refractivity contribution in [2.45, 2.75) is 19.9 Å². The van der Waals surface area contributed by atoms with Crippen LogP contribution in [0.2, 0.25) is 0 Å². The molecule has 0 aliphatic heterocycles. The van der Waals surface area contributed by atoms with Crippen LogP contribution in [0.4, 0.5) is 5.69 Å². The highest BCUT2D eigenvalue weighted by Crippen LogP contribution is 2.28. The highest BCUT2D eigenvalue weighted by atomic mass is 16.6. The molecular weight excluding hydrogens is 272 g/mol. The monoisotopic (exact) mass is 290 g/mol. The number of nitro benzene ring substituents is 1. The van der Waals surface area contributed by atoms with Gasteiger partial charge < -0.3 is 10.1 Å². The summed E-state index contributed by atoms with van der Waals surface area (Å²) in [7, 11) is 1.41. The molecule has 2 rings (SSSR count). The molecule has 1 heterocycles. The van der Waals surface area contributed by atoms with E-state index in [1.165, 1.54) is 13.2 Å². The maximum Gasteiger partial charge on any atom is 0.313 e. The van der Waals surface area contributed by atoms with Crippen molar-refractivity contribution in [3.8, 4) is 11.4 Å². The molecule has 0 fully saturated rings. The van der Waals surface area contributed by atoms with Gasteiger partial charge in [-0.25, -0.2) is 4.68 Å². The van der Waals surface area contributed by atoms with Gasteiger partial charge in [0.2, 0.25) is 0 Å². The van der Waals surface area contributed by atoms with Crippen LogP contribution in [-0.2, 0) is 6.54 Å². The van der Waals surface area contributed by atoms with E-state index in [0.29, 0.717) is 12.2 Å². The van der Waals surface area contributed by atoms with Gasteiger partial charge in [0.1, 0.15) is 0 Å². The first kappa shape index (κ1) is 15.0. The topological polar surface area (TPSA) is 82.2 Å². The summed E-state index contributed by atoms with van der Waals surface area (Å²) in [6.45, 7) is 3.71. The summed E-state index contributed by atoms with van der Waals surface area (Å²) in [5.74, 6) is 0.237. The number of nitrogens with zero attached hydrogens (tertiary/aromatic N) is 3. The third-order valence-electron chi connectivity index (χ3n) is 3.00. The molecule has 0 amide bonds. The summed E-state index contributed by atoms with van der Waals surface area (Å²) in [6, 6.07) is 6.65. The van der Waals surface area contributed by atoms with Gasteiger partial charge in [0.15, 0.2) is 5.75 Å². The van der Waals surface area contributed by atoms with Crippen molar-refractivity contribution >= 4 is 5.69 Å². The van der Waals surface area contributed by atoms with Crippen LogP contribution in [0.25, 0.3) is 5.69 Å². The van der Waals surface area contributed by atoms with Gasteiger partial charge in [-0.15, -0.1) is 0 Å². The molecule has 0 radical (unpaired) electrons. The number of nitro groups is 1. The molecule has 0 spiro atoms. The minimum atomic E-state index is -0.463. The Kier molecular flexibility index (Phi) is 4.89. The smallest absolute Gasteiger partial charge is 0.313 e. The van der Waals surface area contributed by atoms with Gasteiger partial charge in [-0.1, -0.05) is 6.92 Å². The van der Waals surface area contributed by atoms with E-state index in [2.05, 4.69) is 17.3 Å². The van der Waals surface area contributed by atoms with Crippen LogP contribution in [0.1, 0.15) is 19.0 Å². The van der Waals surface area contributed by atoms with E-state index >= 15 is 0 Å². The number of rotatable bonds is 7. The number of methoxy groups -OCH3 is 1. The fraction of sp³-hybridized carbons (Fsp3) is 0.357. The molecule has 112 valence electrons. The minimum absolute atomic E-state index is 0.0730. The second-order valence-corrected chi connectivity index (χ2v) is 4.54. The summed E-state index contributed by atoms with van der Waals surface area (Å²) in [6.07, 6.45) is 2.85. The minimum Gasteiger partial charge on any atom is -0.490 e. The SMILES string of the molecule is CCCNCc1ccn(-c2ccc(OC)c([N+](=O)[O-])c2)n1. The van der Waals surface area contributed by atoms with Crippen LogP contribution in [0.15, 0.2) is 30.5 Å². The van der Waals surface area contributed by atoms with Crippen LogP contribution in [0.3, 0.4) is 0 Å². The van der Waals surface area contributed by atoms with Crippen molar-refractivity contribution in [1.82, 2.24) is 15.1 Å². The van der Waals surface area contributed by atoms with E-state index in [-0.39, 0.29) is 11.4 Å². The Labute approximate surface area is 122 Å². The number of nitrogens with one attached hydrogen (secondary N) is 1. The number of hydrogen-bond donors (Lipinski definition) is 1. The maximum absolute atomic E-state index is 11.0. The quantitative estimate of drug-likeness (QED) is 0.480. The van der Waals surface area contributed by atoms with Gasteiger partial charge >= 0.3 is 5.69 Å². The summed E-state index contributed by atoms with van der Waals surface area (Å²) in [5.41, 5.74) is 1.45. The molecule has 7 nitrogen and oxygen atoms in total. The van der Waals surface area contributed by atoms with Gasteiger partial charge in [-0.3, -0.25) is 10.1 Å². The normalized spacial score (nSPS) is 10.6. The molecule has 0 saturated carbocycles. The van der Waals surface area contributed by atoms with Crippen molar-refractivity contribution in [3.05, 3.63) is 46.3 Å². The zero-order chi connectivity index (χ0) is 15.2. The zero-order valence-corrected chi connectivity index (χ0v) is 12.1. The Balaban J connectivity index is 2.22. The molecule has 0 aliphatic rings. The van der Waals surface area contributed by atoms with Gasteiger partial charge in [-0.05, 0) is 31.2 Å². The predicted molar refractivity (Wildman–Crippen MR) is 78.8 cm³/mol. The van der Waals surface area contributed by atoms with E-state index in [0.717, 1.165) is 18.7 Å². The lowest BCUT2D eigenvalue weighted by Gasteiger charge is -2.05. The molecule has 0 unspecified atom stereocenters. The molecule has 0 bridgehead atoms. The Hall–Kier alpha value is -2.41. The summed E-state index contributed by atoms with van der Waals surface area (Å²) in [4.78, 5) is 10.6. The van der Waals surface area contributed by atoms with Gasteiger partial charge in [0.05, 0.1) is 23.4 Å². The molecule has 7 heteroatoms. The fourth-order valence-corrected chi connectivity index (χ4v) is 1.96. The maximum atomic E-state index is 11.0. The summed E-state index contributed by atoms with van der Waals surface area (Å²) < 4.78 is 6.61. The highest BCUT2D eigenvalue weighted by molar-refractivity contribution is 5.53. The lowest BCUT2D eigenvalue weighted by molar-refractivity contribution is -0.385. The standard InChI is InChI=1S/C14H18N4O3/c1-3-7-15-10-11-6-8-17(16-11)12-4-5-14(21-2)13(9-12)18(19)20/h4-6,8-9,15H,3,7,10H2,1-2H3. The number of aromatic nitrogens is 2. The summed E-state index contributed by atoms with van der Waals surface area (Å²) in [5, 5.41) is 18.7. The predicted octanol–water partition coefficient (Wildman–Crippen LogP) is 2.29. The number of ether oxygens (including phenoxy) is 1. The molecule has 1 N–H and O–H groups in total. The number of benzene rings is 1. The third-order valence-corrected chi connectivity index (χ3v) is 3.00. The molecule has 1 aromatic carbocycles. The largest absolute Gasteiger partial charge is 0.490 e. The van der Waals surface area contributed by atoms with Crippen molar-refractivity contribution in [3.63, 3.8) is 0 Å². The van der Waals surface area contributed by atoms with Crippen molar-refractivity contribution in [2.75, 3.05) is 13.7 Å². The summed E-state index contributed by atoms with van der Waals surface area (Å²) >= 11 is 0. The molecule has 0 atom stereocenters. The lowest BCUT2D eigenvalue weighted by atomic mass is 10.2. The van der Waals surface area contributed by atoms with E-state index < -0.39 is 4.92 Å². The fourth-order valence-electron chi connectivity index (χ4n) is 1.96. The van der Waals surface area contributed by atoms with E-state index in [1.807, 2.05) is 6.07 Å². The lowest BCUT2D eigenvalue weighted by Crippen LogP contribution is -2.14. The molecule has 0 saturated heterocycles. The van der Waals surface area contributed by atoms with Gasteiger partial charge in [-0.2, -0.15) is 5.10 Å². The van der Waals surface area contributed by atoms with E-state index in [9.17, 15) is 10.1 Å². The first-order chi connectivity index (χ1) is 10.2. The van der Waals surface area contributed by atoms with Crippen LogP contribution in [0.5, 0.6) is 5.75 Å². The number of hydrogen-bond acceptors (Lipinski definition) is 5. The first-order valence-electron chi connectivity index (χ1n) is 6.73. The van der Waals surface area contributed by atoms with Crippen molar-refractivity contribution in [1.29, 1.82) is 0 Å². The molecule has 0 aliphatic carbocycles. The average molecular weight is 290 g/mol. The molecule has 21 heavy (non-hydrogen) atoms. The first-order valence-corrected chi connectivity index (χ1v) is 6.73. The van der Waals surface area contributed by atoms with Crippen LogP contribution in [0, 0.1) is 10.1 Å². The molecule has 2 aromatic rings. The zero-order valence-electron chi connectivity index (χ0n) is 12.1. The van der Waals surface area contributed by atoms with Crippen LogP contribution < -0.4 is 10.1 Å². The van der Waals surface area contributed by atoms with Crippen molar-refractivity contribution < 1.29 is 9.66 Å².